The van der Waals surface area contributed by atoms with Crippen molar-refractivity contribution in [2.24, 2.45) is 5.41 Å². The third kappa shape index (κ3) is 4.11. The normalized spacial score (nSPS) is 17.1. The van der Waals surface area contributed by atoms with Crippen LogP contribution >= 0.6 is 0 Å². The fourth-order valence-corrected chi connectivity index (χ4v) is 1.47. The summed E-state index contributed by atoms with van der Waals surface area (Å²) in [4.78, 5) is 0. The number of hydrogen-bond donors (Lipinski definition) is 1. The molecule has 0 radical (unpaired) electrons. The summed E-state index contributed by atoms with van der Waals surface area (Å²) in [5.74, 6) is 0. The summed E-state index contributed by atoms with van der Waals surface area (Å²) in [5.41, 5.74) is -0.549. The van der Waals surface area contributed by atoms with Crippen LogP contribution < -0.4 is 0 Å². The van der Waals surface area contributed by atoms with Gasteiger partial charge in [-0.15, -0.1) is 0 Å². The Kier molecular flexibility index (Phi) is 6.57. The molecule has 1 N–H and O–H groups in total. The van der Waals surface area contributed by atoms with E-state index in [1.807, 2.05) is 13.8 Å². The minimum Gasteiger partial charge on any atom is -0.391 e. The number of unbranched alkanes of at least 4 members (excludes halogenated alkanes) is 3. The fourth-order valence-electron chi connectivity index (χ4n) is 1.47. The smallest absolute Gasteiger partial charge is 0.0801 e. The molecule has 0 aliphatic heterocycles. The molecule has 0 spiro atoms. The molecule has 82 valence electrons. The van der Waals surface area contributed by atoms with Gasteiger partial charge in [-0.3, -0.25) is 0 Å². The standard InChI is InChI=1S/C12H23NO/c1-4-6-7-8-9-11(14)12(3,5-2)10-13/h11,14H,4-9H2,1-3H3. The second-order valence-corrected chi connectivity index (χ2v) is 4.25. The number of aliphatic hydroxyl groups is 1. The van der Waals surface area contributed by atoms with Crippen LogP contribution in [0.2, 0.25) is 0 Å². The van der Waals surface area contributed by atoms with E-state index >= 15 is 0 Å². The predicted molar refractivity (Wildman–Crippen MR) is 58.8 cm³/mol. The first-order chi connectivity index (χ1) is 6.60. The van der Waals surface area contributed by atoms with E-state index in [0.29, 0.717) is 0 Å². The summed E-state index contributed by atoms with van der Waals surface area (Å²) in [7, 11) is 0. The lowest BCUT2D eigenvalue weighted by Crippen LogP contribution is -2.30. The highest BCUT2D eigenvalue weighted by molar-refractivity contribution is 4.99. The average molecular weight is 197 g/mol. The molecule has 0 aromatic rings. The highest BCUT2D eigenvalue weighted by Gasteiger charge is 2.30. The van der Waals surface area contributed by atoms with E-state index in [9.17, 15) is 5.11 Å². The van der Waals surface area contributed by atoms with E-state index < -0.39 is 11.5 Å². The number of rotatable bonds is 7. The maximum atomic E-state index is 9.85. The third-order valence-corrected chi connectivity index (χ3v) is 3.06. The summed E-state index contributed by atoms with van der Waals surface area (Å²) >= 11 is 0. The lowest BCUT2D eigenvalue weighted by atomic mass is 9.81. The Bertz CT molecular complexity index is 185. The molecule has 0 fully saturated rings. The monoisotopic (exact) mass is 197 g/mol. The fraction of sp³-hybridized carbons (Fsp3) is 0.917. The molecule has 0 saturated heterocycles. The molecule has 0 saturated carbocycles. The Morgan fingerprint density at radius 3 is 2.36 bits per heavy atom. The Hall–Kier alpha value is -0.550. The maximum Gasteiger partial charge on any atom is 0.0801 e. The second kappa shape index (κ2) is 6.84. The van der Waals surface area contributed by atoms with Crippen molar-refractivity contribution in [1.82, 2.24) is 0 Å². The van der Waals surface area contributed by atoms with Gasteiger partial charge in [0, 0.05) is 0 Å². The summed E-state index contributed by atoms with van der Waals surface area (Å²) in [6, 6.07) is 2.22. The Balaban J connectivity index is 3.83. The molecule has 2 nitrogen and oxygen atoms in total. The summed E-state index contributed by atoms with van der Waals surface area (Å²) < 4.78 is 0. The number of nitriles is 1. The lowest BCUT2D eigenvalue weighted by Gasteiger charge is -2.26. The zero-order chi connectivity index (χ0) is 11.0. The van der Waals surface area contributed by atoms with Crippen LogP contribution in [0.15, 0.2) is 0 Å². The van der Waals surface area contributed by atoms with Crippen molar-refractivity contribution in [3.8, 4) is 6.07 Å². The minimum atomic E-state index is -0.549. The molecule has 0 amide bonds. The van der Waals surface area contributed by atoms with Crippen LogP contribution in [0.4, 0.5) is 0 Å². The molecule has 0 aliphatic rings. The topological polar surface area (TPSA) is 44.0 Å². The number of aliphatic hydroxyl groups excluding tert-OH is 1. The van der Waals surface area contributed by atoms with Gasteiger partial charge in [-0.25, -0.2) is 0 Å². The van der Waals surface area contributed by atoms with Crippen molar-refractivity contribution >= 4 is 0 Å². The van der Waals surface area contributed by atoms with E-state index in [0.717, 1.165) is 19.3 Å². The van der Waals surface area contributed by atoms with Gasteiger partial charge in [0.1, 0.15) is 0 Å². The van der Waals surface area contributed by atoms with Crippen LogP contribution in [0.3, 0.4) is 0 Å². The molecule has 2 atom stereocenters. The van der Waals surface area contributed by atoms with E-state index in [1.165, 1.54) is 19.3 Å². The van der Waals surface area contributed by atoms with Gasteiger partial charge in [-0.2, -0.15) is 5.26 Å². The molecule has 2 heteroatoms. The molecule has 0 rings (SSSR count). The first kappa shape index (κ1) is 13.4. The van der Waals surface area contributed by atoms with Crippen LogP contribution in [-0.4, -0.2) is 11.2 Å². The molecule has 0 aromatic heterocycles. The van der Waals surface area contributed by atoms with E-state index in [1.54, 1.807) is 0 Å². The van der Waals surface area contributed by atoms with E-state index in [4.69, 9.17) is 5.26 Å². The van der Waals surface area contributed by atoms with Crippen LogP contribution in [0, 0.1) is 16.7 Å². The van der Waals surface area contributed by atoms with Gasteiger partial charge in [0.05, 0.1) is 17.6 Å². The van der Waals surface area contributed by atoms with Crippen LogP contribution in [0.5, 0.6) is 0 Å². The second-order valence-electron chi connectivity index (χ2n) is 4.25. The minimum absolute atomic E-state index is 0.464. The van der Waals surface area contributed by atoms with Gasteiger partial charge in [0.2, 0.25) is 0 Å². The van der Waals surface area contributed by atoms with Crippen molar-refractivity contribution in [3.05, 3.63) is 0 Å². The van der Waals surface area contributed by atoms with Crippen molar-refractivity contribution < 1.29 is 5.11 Å². The summed E-state index contributed by atoms with van der Waals surface area (Å²) in [6.45, 7) is 5.97. The van der Waals surface area contributed by atoms with Crippen LogP contribution in [0.1, 0.15) is 59.3 Å². The molecular weight excluding hydrogens is 174 g/mol. The van der Waals surface area contributed by atoms with Crippen LogP contribution in [-0.2, 0) is 0 Å². The zero-order valence-corrected chi connectivity index (χ0v) is 9.71. The lowest BCUT2D eigenvalue weighted by molar-refractivity contribution is 0.0624. The van der Waals surface area contributed by atoms with Gasteiger partial charge < -0.3 is 5.11 Å². The van der Waals surface area contributed by atoms with E-state index in [-0.39, 0.29) is 0 Å². The highest BCUT2D eigenvalue weighted by Crippen LogP contribution is 2.28. The third-order valence-electron chi connectivity index (χ3n) is 3.06. The zero-order valence-electron chi connectivity index (χ0n) is 9.71. The number of nitrogens with zero attached hydrogens (tertiary/aromatic N) is 1. The first-order valence-electron chi connectivity index (χ1n) is 5.70. The Morgan fingerprint density at radius 2 is 1.93 bits per heavy atom. The van der Waals surface area contributed by atoms with Crippen LogP contribution in [0.25, 0.3) is 0 Å². The van der Waals surface area contributed by atoms with Crippen molar-refractivity contribution in [3.63, 3.8) is 0 Å². The summed E-state index contributed by atoms with van der Waals surface area (Å²) in [5, 5.41) is 18.8. The Labute approximate surface area is 87.9 Å². The van der Waals surface area contributed by atoms with Crippen molar-refractivity contribution in [1.29, 1.82) is 5.26 Å². The largest absolute Gasteiger partial charge is 0.391 e. The Morgan fingerprint density at radius 1 is 1.29 bits per heavy atom. The van der Waals surface area contributed by atoms with Crippen molar-refractivity contribution in [2.45, 2.75) is 65.4 Å². The van der Waals surface area contributed by atoms with Gasteiger partial charge >= 0.3 is 0 Å². The molecule has 0 heterocycles. The SMILES string of the molecule is CCCCCCC(O)C(C)(C#N)CC. The van der Waals surface area contributed by atoms with Crippen molar-refractivity contribution in [2.75, 3.05) is 0 Å². The van der Waals surface area contributed by atoms with E-state index in [2.05, 4.69) is 13.0 Å². The van der Waals surface area contributed by atoms with Gasteiger partial charge in [-0.1, -0.05) is 39.5 Å². The predicted octanol–water partition coefficient (Wildman–Crippen LogP) is 3.26. The molecule has 0 bridgehead atoms. The van der Waals surface area contributed by atoms with Gasteiger partial charge in [0.15, 0.2) is 0 Å². The highest BCUT2D eigenvalue weighted by atomic mass is 16.3. The van der Waals surface area contributed by atoms with Gasteiger partial charge in [-0.05, 0) is 19.8 Å². The molecular formula is C12H23NO. The number of hydrogen-bond acceptors (Lipinski definition) is 2. The molecule has 2 unspecified atom stereocenters. The molecule has 0 aromatic carbocycles. The quantitative estimate of drug-likeness (QED) is 0.637. The average Bonchev–Trinajstić information content (AvgIpc) is 2.22. The summed E-state index contributed by atoms with van der Waals surface area (Å²) in [6.07, 6.45) is 5.65. The first-order valence-corrected chi connectivity index (χ1v) is 5.70. The van der Waals surface area contributed by atoms with Gasteiger partial charge in [0.25, 0.3) is 0 Å². The molecule has 0 aliphatic carbocycles. The maximum absolute atomic E-state index is 9.85. The molecule has 14 heavy (non-hydrogen) atoms.